The van der Waals surface area contributed by atoms with Crippen molar-refractivity contribution in [2.24, 2.45) is 0 Å². The van der Waals surface area contributed by atoms with Crippen molar-refractivity contribution < 1.29 is 24.5 Å². The molecule has 0 saturated carbocycles. The molecule has 0 fully saturated rings. The fraction of sp³-hybridized carbons (Fsp3) is 0.947. The van der Waals surface area contributed by atoms with Crippen LogP contribution in [0.25, 0.3) is 0 Å². The van der Waals surface area contributed by atoms with Crippen molar-refractivity contribution in [1.82, 2.24) is 5.32 Å². The number of aliphatic hydroxyl groups is 2. The Morgan fingerprint density at radius 2 is 0.573 bits per heavy atom. The van der Waals surface area contributed by atoms with Crippen LogP contribution in [0, 0.1) is 0 Å². The Balaban J connectivity index is 3.33. The van der Waals surface area contributed by atoms with E-state index in [1.807, 2.05) is 0 Å². The molecular weight excluding hydrogens is 1010 g/mol. The first-order valence-corrected chi connectivity index (χ1v) is 37.9. The van der Waals surface area contributed by atoms with E-state index in [0.717, 1.165) is 44.9 Å². The van der Waals surface area contributed by atoms with Crippen molar-refractivity contribution in [3.63, 3.8) is 0 Å². The van der Waals surface area contributed by atoms with E-state index < -0.39 is 12.1 Å². The summed E-state index contributed by atoms with van der Waals surface area (Å²) in [6, 6.07) is -0.539. The van der Waals surface area contributed by atoms with Gasteiger partial charge in [-0.05, 0) is 51.4 Å². The van der Waals surface area contributed by atoms with Crippen LogP contribution in [-0.2, 0) is 14.3 Å². The number of aliphatic hydroxyl groups excluding tert-OH is 2. The fourth-order valence-electron chi connectivity index (χ4n) is 12.3. The predicted octanol–water partition coefficient (Wildman–Crippen LogP) is 24.7. The molecule has 488 valence electrons. The van der Waals surface area contributed by atoms with Crippen molar-refractivity contribution in [2.75, 3.05) is 13.2 Å². The van der Waals surface area contributed by atoms with Gasteiger partial charge in [0.15, 0.2) is 0 Å². The minimum absolute atomic E-state index is 0.0172. The van der Waals surface area contributed by atoms with Gasteiger partial charge in [0.25, 0.3) is 0 Å². The lowest BCUT2D eigenvalue weighted by Gasteiger charge is -2.22. The average molecular weight is 1160 g/mol. The maximum atomic E-state index is 12.5. The third-order valence-corrected chi connectivity index (χ3v) is 18.1. The number of carbonyl (C=O) groups is 2. The second-order valence-corrected chi connectivity index (χ2v) is 26.3. The molecule has 2 unspecified atom stereocenters. The summed E-state index contributed by atoms with van der Waals surface area (Å²) in [5.41, 5.74) is 0. The number of hydrogen-bond donors (Lipinski definition) is 3. The summed E-state index contributed by atoms with van der Waals surface area (Å²) >= 11 is 0. The van der Waals surface area contributed by atoms with E-state index in [1.54, 1.807) is 0 Å². The molecule has 0 aliphatic heterocycles. The highest BCUT2D eigenvalue weighted by Gasteiger charge is 2.20. The monoisotopic (exact) mass is 1160 g/mol. The molecule has 0 aliphatic carbocycles. The van der Waals surface area contributed by atoms with E-state index in [4.69, 9.17) is 4.74 Å². The van der Waals surface area contributed by atoms with Crippen LogP contribution in [0.1, 0.15) is 438 Å². The number of esters is 1. The van der Waals surface area contributed by atoms with Crippen LogP contribution in [0.15, 0.2) is 12.2 Å². The van der Waals surface area contributed by atoms with Crippen LogP contribution in [0.4, 0.5) is 0 Å². The van der Waals surface area contributed by atoms with Crippen LogP contribution in [-0.4, -0.2) is 47.4 Å². The van der Waals surface area contributed by atoms with Crippen LogP contribution < -0.4 is 5.32 Å². The maximum absolute atomic E-state index is 12.5. The molecule has 0 aromatic carbocycles. The Bertz CT molecular complexity index is 1240. The molecule has 0 rings (SSSR count). The second kappa shape index (κ2) is 72.1. The molecule has 82 heavy (non-hydrogen) atoms. The average Bonchev–Trinajstić information content (AvgIpc) is 3.48. The smallest absolute Gasteiger partial charge is 0.305 e. The second-order valence-electron chi connectivity index (χ2n) is 26.3. The Morgan fingerprint density at radius 1 is 0.329 bits per heavy atom. The van der Waals surface area contributed by atoms with Crippen molar-refractivity contribution >= 4 is 11.9 Å². The third kappa shape index (κ3) is 67.7. The molecule has 0 saturated heterocycles. The van der Waals surface area contributed by atoms with Crippen LogP contribution in [0.2, 0.25) is 0 Å². The minimum atomic E-state index is -0.662. The molecular formula is C76H149NO5. The number of rotatable bonds is 72. The van der Waals surface area contributed by atoms with Crippen molar-refractivity contribution in [2.45, 2.75) is 450 Å². The molecule has 0 radical (unpaired) electrons. The van der Waals surface area contributed by atoms with Gasteiger partial charge in [-0.1, -0.05) is 386 Å². The molecule has 0 bridgehead atoms. The SMILES string of the molecule is CCCCCCCCC/C=C\CCCCCCCCCC(=O)OCCCCCCCCCCCCCCCCCCCCCCCCCCCCCCC(=O)NC(CO)C(O)CCCCCCCCCCCCCCCCCCCCC. The summed E-state index contributed by atoms with van der Waals surface area (Å²) in [6.45, 7) is 5.00. The molecule has 1 amide bonds. The zero-order valence-corrected chi connectivity index (χ0v) is 56.0. The first-order chi connectivity index (χ1) is 40.5. The van der Waals surface area contributed by atoms with Gasteiger partial charge in [-0.2, -0.15) is 0 Å². The molecule has 0 spiro atoms. The van der Waals surface area contributed by atoms with Gasteiger partial charge in [0.05, 0.1) is 25.4 Å². The van der Waals surface area contributed by atoms with E-state index in [-0.39, 0.29) is 18.5 Å². The van der Waals surface area contributed by atoms with Gasteiger partial charge in [0.1, 0.15) is 0 Å². The number of allylic oxidation sites excluding steroid dienone is 2. The largest absolute Gasteiger partial charge is 0.466 e. The van der Waals surface area contributed by atoms with Gasteiger partial charge in [0, 0.05) is 12.8 Å². The number of nitrogens with one attached hydrogen (secondary N) is 1. The third-order valence-electron chi connectivity index (χ3n) is 18.1. The van der Waals surface area contributed by atoms with Crippen molar-refractivity contribution in [3.05, 3.63) is 12.2 Å². The summed E-state index contributed by atoms with van der Waals surface area (Å²) in [4.78, 5) is 24.7. The van der Waals surface area contributed by atoms with E-state index in [1.165, 1.54) is 360 Å². The summed E-state index contributed by atoms with van der Waals surface area (Å²) < 4.78 is 5.51. The van der Waals surface area contributed by atoms with Crippen molar-refractivity contribution in [3.8, 4) is 0 Å². The topological polar surface area (TPSA) is 95.9 Å². The number of ether oxygens (including phenoxy) is 1. The molecule has 0 heterocycles. The lowest BCUT2D eigenvalue weighted by Crippen LogP contribution is -2.45. The van der Waals surface area contributed by atoms with E-state index in [0.29, 0.717) is 25.9 Å². The van der Waals surface area contributed by atoms with Crippen molar-refractivity contribution in [1.29, 1.82) is 0 Å². The lowest BCUT2D eigenvalue weighted by molar-refractivity contribution is -0.143. The Morgan fingerprint density at radius 3 is 0.866 bits per heavy atom. The first kappa shape index (κ1) is 80.6. The zero-order chi connectivity index (χ0) is 59.2. The number of carbonyl (C=O) groups excluding carboxylic acids is 2. The van der Waals surface area contributed by atoms with Crippen LogP contribution in [0.3, 0.4) is 0 Å². The molecule has 0 aromatic heterocycles. The lowest BCUT2D eigenvalue weighted by atomic mass is 10.0. The molecule has 0 aliphatic rings. The maximum Gasteiger partial charge on any atom is 0.305 e. The van der Waals surface area contributed by atoms with Crippen LogP contribution >= 0.6 is 0 Å². The quantitative estimate of drug-likeness (QED) is 0.0320. The summed E-state index contributed by atoms with van der Waals surface area (Å²) in [5, 5.41) is 23.4. The summed E-state index contributed by atoms with van der Waals surface area (Å²) in [6.07, 6.45) is 90.0. The minimum Gasteiger partial charge on any atom is -0.466 e. The molecule has 6 nitrogen and oxygen atoms in total. The van der Waals surface area contributed by atoms with Gasteiger partial charge in [0.2, 0.25) is 5.91 Å². The summed E-state index contributed by atoms with van der Waals surface area (Å²) in [7, 11) is 0. The summed E-state index contributed by atoms with van der Waals surface area (Å²) in [5.74, 6) is -0.00968. The standard InChI is InChI=1S/C76H149NO5/c1-3-5-7-9-11-13-15-17-19-21-33-36-40-44-48-52-56-60-64-68-74(79)73(72-78)77-75(80)69-65-61-57-53-49-45-41-37-34-31-29-27-25-23-24-26-28-30-32-35-39-43-47-51-55-59-63-67-71-82-76(81)70-66-62-58-54-50-46-42-38-22-20-18-16-14-12-10-8-6-4-2/h20,22,73-74,78-79H,3-19,21,23-72H2,1-2H3,(H,77,80)/b22-20-. The first-order valence-electron chi connectivity index (χ1n) is 37.9. The molecule has 3 N–H and O–H groups in total. The highest BCUT2D eigenvalue weighted by molar-refractivity contribution is 5.76. The highest BCUT2D eigenvalue weighted by Crippen LogP contribution is 2.20. The normalized spacial score (nSPS) is 12.5. The Labute approximate surface area is 514 Å². The van der Waals surface area contributed by atoms with Crippen LogP contribution in [0.5, 0.6) is 0 Å². The van der Waals surface area contributed by atoms with Gasteiger partial charge in [-0.15, -0.1) is 0 Å². The Kier molecular flexibility index (Phi) is 70.8. The predicted molar refractivity (Wildman–Crippen MR) is 361 cm³/mol. The van der Waals surface area contributed by atoms with E-state index in [2.05, 4.69) is 31.3 Å². The number of hydrogen-bond acceptors (Lipinski definition) is 5. The number of unbranched alkanes of at least 4 members (excludes halogenated alkanes) is 59. The van der Waals surface area contributed by atoms with E-state index >= 15 is 0 Å². The van der Waals surface area contributed by atoms with Gasteiger partial charge < -0.3 is 20.3 Å². The molecule has 6 heteroatoms. The highest BCUT2D eigenvalue weighted by atomic mass is 16.5. The van der Waals surface area contributed by atoms with Gasteiger partial charge >= 0.3 is 5.97 Å². The molecule has 2 atom stereocenters. The fourth-order valence-corrected chi connectivity index (χ4v) is 12.3. The van der Waals surface area contributed by atoms with Gasteiger partial charge in [-0.25, -0.2) is 0 Å². The molecule has 0 aromatic rings. The number of amides is 1. The zero-order valence-electron chi connectivity index (χ0n) is 56.0. The van der Waals surface area contributed by atoms with Gasteiger partial charge in [-0.3, -0.25) is 9.59 Å². The van der Waals surface area contributed by atoms with E-state index in [9.17, 15) is 19.8 Å². The Hall–Kier alpha value is -1.40.